The number of nitrogens with zero attached hydrogens (tertiary/aromatic N) is 1. The molecule has 124 valence electrons. The van der Waals surface area contributed by atoms with Gasteiger partial charge in [-0.3, -0.25) is 4.79 Å². The van der Waals surface area contributed by atoms with E-state index < -0.39 is 17.7 Å². The van der Waals surface area contributed by atoms with E-state index in [0.717, 1.165) is 12.1 Å². The first-order chi connectivity index (χ1) is 11.3. The van der Waals surface area contributed by atoms with Gasteiger partial charge in [-0.2, -0.15) is 13.2 Å². The van der Waals surface area contributed by atoms with E-state index in [4.69, 9.17) is 9.52 Å². The Bertz CT molecular complexity index is 882. The Morgan fingerprint density at radius 1 is 1.08 bits per heavy atom. The van der Waals surface area contributed by atoms with Crippen LogP contribution < -0.4 is 0 Å². The van der Waals surface area contributed by atoms with Crippen molar-refractivity contribution in [1.29, 1.82) is 0 Å². The number of carbonyl (C=O) groups is 1. The first-order valence-corrected chi connectivity index (χ1v) is 7.07. The fourth-order valence-corrected chi connectivity index (χ4v) is 2.37. The SMILES string of the molecule is O=C(O)Cc1ccc2oc(Cc3ccc(C(F)(F)F)cc3)nc2c1. The molecule has 3 aromatic rings. The summed E-state index contributed by atoms with van der Waals surface area (Å²) in [6.07, 6.45) is -4.23. The molecule has 0 amide bonds. The van der Waals surface area contributed by atoms with Crippen LogP contribution in [0.25, 0.3) is 11.1 Å². The summed E-state index contributed by atoms with van der Waals surface area (Å²) in [6.45, 7) is 0. The monoisotopic (exact) mass is 335 g/mol. The molecule has 0 unspecified atom stereocenters. The van der Waals surface area contributed by atoms with Gasteiger partial charge in [-0.1, -0.05) is 18.2 Å². The Hall–Kier alpha value is -2.83. The molecule has 1 N–H and O–H groups in total. The number of alkyl halides is 3. The van der Waals surface area contributed by atoms with Gasteiger partial charge in [0.2, 0.25) is 0 Å². The maximum Gasteiger partial charge on any atom is 0.416 e. The van der Waals surface area contributed by atoms with Crippen molar-refractivity contribution in [2.75, 3.05) is 0 Å². The minimum absolute atomic E-state index is 0.114. The summed E-state index contributed by atoms with van der Waals surface area (Å²) in [4.78, 5) is 15.0. The van der Waals surface area contributed by atoms with Gasteiger partial charge in [0.25, 0.3) is 0 Å². The number of carboxylic acid groups (broad SMARTS) is 1. The molecule has 0 aliphatic carbocycles. The maximum absolute atomic E-state index is 12.5. The van der Waals surface area contributed by atoms with Crippen molar-refractivity contribution in [3.8, 4) is 0 Å². The lowest BCUT2D eigenvalue weighted by Gasteiger charge is -2.06. The minimum atomic E-state index is -4.36. The Kier molecular flexibility index (Phi) is 4.01. The zero-order chi connectivity index (χ0) is 17.3. The second-order valence-electron chi connectivity index (χ2n) is 5.35. The number of aromatic nitrogens is 1. The number of fused-ring (bicyclic) bond motifs is 1. The van der Waals surface area contributed by atoms with Crippen LogP contribution in [0.3, 0.4) is 0 Å². The Labute approximate surface area is 134 Å². The molecular formula is C17H12F3NO3. The first-order valence-electron chi connectivity index (χ1n) is 7.07. The van der Waals surface area contributed by atoms with E-state index in [0.29, 0.717) is 28.1 Å². The largest absolute Gasteiger partial charge is 0.481 e. The zero-order valence-electron chi connectivity index (χ0n) is 12.3. The molecule has 0 spiro atoms. The van der Waals surface area contributed by atoms with Gasteiger partial charge in [0.1, 0.15) is 5.52 Å². The van der Waals surface area contributed by atoms with Crippen molar-refractivity contribution in [2.45, 2.75) is 19.0 Å². The van der Waals surface area contributed by atoms with Gasteiger partial charge in [0.15, 0.2) is 11.5 Å². The van der Waals surface area contributed by atoms with Crippen molar-refractivity contribution in [3.05, 3.63) is 65.0 Å². The van der Waals surface area contributed by atoms with Gasteiger partial charge in [-0.25, -0.2) is 4.98 Å². The summed E-state index contributed by atoms with van der Waals surface area (Å²) in [5, 5.41) is 8.79. The summed E-state index contributed by atoms with van der Waals surface area (Å²) in [6, 6.07) is 9.70. The van der Waals surface area contributed by atoms with E-state index in [2.05, 4.69) is 4.98 Å². The van der Waals surface area contributed by atoms with Crippen molar-refractivity contribution < 1.29 is 27.5 Å². The number of hydrogen-bond donors (Lipinski definition) is 1. The normalized spacial score (nSPS) is 11.8. The predicted molar refractivity (Wildman–Crippen MR) is 79.6 cm³/mol. The number of benzene rings is 2. The molecule has 0 fully saturated rings. The van der Waals surface area contributed by atoms with Crippen molar-refractivity contribution in [1.82, 2.24) is 4.98 Å². The molecule has 24 heavy (non-hydrogen) atoms. The molecular weight excluding hydrogens is 323 g/mol. The average Bonchev–Trinajstić information content (AvgIpc) is 2.87. The molecule has 1 aromatic heterocycles. The molecule has 2 aromatic carbocycles. The van der Waals surface area contributed by atoms with Gasteiger partial charge in [0, 0.05) is 6.42 Å². The number of aliphatic carboxylic acids is 1. The van der Waals surface area contributed by atoms with Crippen molar-refractivity contribution >= 4 is 17.1 Å². The van der Waals surface area contributed by atoms with Crippen LogP contribution in [0, 0.1) is 0 Å². The molecule has 0 aliphatic heterocycles. The highest BCUT2D eigenvalue weighted by atomic mass is 19.4. The second kappa shape index (κ2) is 5.99. The summed E-state index contributed by atoms with van der Waals surface area (Å²) >= 11 is 0. The van der Waals surface area contributed by atoms with Gasteiger partial charge in [-0.15, -0.1) is 0 Å². The van der Waals surface area contributed by atoms with Gasteiger partial charge in [0.05, 0.1) is 12.0 Å². The standard InChI is InChI=1S/C17H12F3NO3/c18-17(19,20)12-4-1-10(2-5-12)8-15-21-13-7-11(9-16(22)23)3-6-14(13)24-15/h1-7H,8-9H2,(H,22,23). The van der Waals surface area contributed by atoms with E-state index in [1.54, 1.807) is 18.2 Å². The van der Waals surface area contributed by atoms with Gasteiger partial charge < -0.3 is 9.52 Å². The number of oxazole rings is 1. The maximum atomic E-state index is 12.5. The molecule has 0 radical (unpaired) electrons. The smallest absolute Gasteiger partial charge is 0.416 e. The van der Waals surface area contributed by atoms with Crippen LogP contribution in [0.5, 0.6) is 0 Å². The zero-order valence-corrected chi connectivity index (χ0v) is 12.3. The number of halogens is 3. The van der Waals surface area contributed by atoms with Crippen molar-refractivity contribution in [3.63, 3.8) is 0 Å². The fraction of sp³-hybridized carbons (Fsp3) is 0.176. The average molecular weight is 335 g/mol. The van der Waals surface area contributed by atoms with E-state index >= 15 is 0 Å². The lowest BCUT2D eigenvalue weighted by atomic mass is 10.1. The third-order valence-electron chi connectivity index (χ3n) is 3.49. The minimum Gasteiger partial charge on any atom is -0.481 e. The summed E-state index contributed by atoms with van der Waals surface area (Å²) in [7, 11) is 0. The summed E-state index contributed by atoms with van der Waals surface area (Å²) in [5.74, 6) is -0.583. The van der Waals surface area contributed by atoms with E-state index in [-0.39, 0.29) is 12.8 Å². The third kappa shape index (κ3) is 3.56. The highest BCUT2D eigenvalue weighted by Gasteiger charge is 2.29. The molecule has 7 heteroatoms. The van der Waals surface area contributed by atoms with Crippen LogP contribution in [0.15, 0.2) is 46.9 Å². The van der Waals surface area contributed by atoms with Crippen molar-refractivity contribution in [2.24, 2.45) is 0 Å². The van der Waals surface area contributed by atoms with Gasteiger partial charge >= 0.3 is 12.1 Å². The fourth-order valence-electron chi connectivity index (χ4n) is 2.37. The first kappa shape index (κ1) is 16.0. The summed E-state index contributed by atoms with van der Waals surface area (Å²) in [5.41, 5.74) is 1.56. The Balaban J connectivity index is 1.81. The second-order valence-corrected chi connectivity index (χ2v) is 5.35. The van der Waals surface area contributed by atoms with Gasteiger partial charge in [-0.05, 0) is 35.4 Å². The highest BCUT2D eigenvalue weighted by molar-refractivity contribution is 5.76. The van der Waals surface area contributed by atoms with E-state index in [1.807, 2.05) is 0 Å². The molecule has 0 aliphatic rings. The van der Waals surface area contributed by atoms with Crippen LogP contribution in [0.2, 0.25) is 0 Å². The molecule has 0 bridgehead atoms. The Morgan fingerprint density at radius 2 is 1.75 bits per heavy atom. The lowest BCUT2D eigenvalue weighted by molar-refractivity contribution is -0.138. The van der Waals surface area contributed by atoms with E-state index in [1.165, 1.54) is 12.1 Å². The number of rotatable bonds is 4. The highest BCUT2D eigenvalue weighted by Crippen LogP contribution is 2.29. The molecule has 1 heterocycles. The van der Waals surface area contributed by atoms with Crippen LogP contribution in [-0.4, -0.2) is 16.1 Å². The number of hydrogen-bond acceptors (Lipinski definition) is 3. The van der Waals surface area contributed by atoms with Crippen LogP contribution in [0.1, 0.15) is 22.6 Å². The number of carboxylic acids is 1. The molecule has 0 saturated carbocycles. The molecule has 4 nitrogen and oxygen atoms in total. The molecule has 3 rings (SSSR count). The molecule has 0 saturated heterocycles. The molecule has 0 atom stereocenters. The van der Waals surface area contributed by atoms with Crippen LogP contribution in [0.4, 0.5) is 13.2 Å². The predicted octanol–water partition coefficient (Wildman–Crippen LogP) is 4.06. The van der Waals surface area contributed by atoms with E-state index in [9.17, 15) is 18.0 Å². The quantitative estimate of drug-likeness (QED) is 0.781. The Morgan fingerprint density at radius 3 is 2.38 bits per heavy atom. The topological polar surface area (TPSA) is 63.3 Å². The lowest BCUT2D eigenvalue weighted by Crippen LogP contribution is -2.04. The van der Waals surface area contributed by atoms with Crippen LogP contribution >= 0.6 is 0 Å². The summed E-state index contributed by atoms with van der Waals surface area (Å²) < 4.78 is 43.2. The third-order valence-corrected chi connectivity index (χ3v) is 3.49. The van der Waals surface area contributed by atoms with Crippen LogP contribution in [-0.2, 0) is 23.8 Å².